The zero-order chi connectivity index (χ0) is 13.7. The van der Waals surface area contributed by atoms with Gasteiger partial charge in [-0.25, -0.2) is 18.1 Å². The Balaban J connectivity index is 1.97. The van der Waals surface area contributed by atoms with Crippen molar-refractivity contribution in [1.29, 1.82) is 0 Å². The second kappa shape index (κ2) is 5.87. The molecule has 8 nitrogen and oxygen atoms in total. The number of aromatic nitrogens is 3. The van der Waals surface area contributed by atoms with Gasteiger partial charge < -0.3 is 10.3 Å². The predicted octanol–water partition coefficient (Wildman–Crippen LogP) is -0.556. The largest absolute Gasteiger partial charge is 0.340 e. The number of hydrogen-bond acceptors (Lipinski definition) is 7. The standard InChI is InChI=1S/C10H13N5O3S/c11-5-8-1-2-10(12-6-8)19(16,17)15-4-3-9-13-7-14-18-9/h1-2,6-7,15H,3-5,11H2. The lowest BCUT2D eigenvalue weighted by molar-refractivity contribution is 0.377. The van der Waals surface area contributed by atoms with Crippen LogP contribution in [-0.4, -0.2) is 30.1 Å². The minimum absolute atomic E-state index is 0.0461. The lowest BCUT2D eigenvalue weighted by Crippen LogP contribution is -2.26. The summed E-state index contributed by atoms with van der Waals surface area (Å²) in [4.78, 5) is 7.64. The highest BCUT2D eigenvalue weighted by molar-refractivity contribution is 7.89. The van der Waals surface area contributed by atoms with E-state index in [1.54, 1.807) is 6.07 Å². The van der Waals surface area contributed by atoms with Crippen LogP contribution in [0.4, 0.5) is 0 Å². The third-order valence-corrected chi connectivity index (χ3v) is 3.72. The molecule has 0 aliphatic carbocycles. The highest BCUT2D eigenvalue weighted by Crippen LogP contribution is 2.06. The number of hydrogen-bond donors (Lipinski definition) is 2. The van der Waals surface area contributed by atoms with E-state index in [9.17, 15) is 8.42 Å². The Hall–Kier alpha value is -1.84. The van der Waals surface area contributed by atoms with Crippen molar-refractivity contribution in [2.75, 3.05) is 6.54 Å². The Morgan fingerprint density at radius 2 is 2.16 bits per heavy atom. The van der Waals surface area contributed by atoms with E-state index in [0.717, 1.165) is 5.56 Å². The van der Waals surface area contributed by atoms with Crippen LogP contribution >= 0.6 is 0 Å². The molecule has 2 aromatic rings. The van der Waals surface area contributed by atoms with Gasteiger partial charge >= 0.3 is 0 Å². The van der Waals surface area contributed by atoms with Crippen LogP contribution in [0.2, 0.25) is 0 Å². The quantitative estimate of drug-likeness (QED) is 0.728. The molecule has 0 aromatic carbocycles. The van der Waals surface area contributed by atoms with E-state index in [2.05, 4.69) is 19.8 Å². The lowest BCUT2D eigenvalue weighted by atomic mass is 10.3. The minimum atomic E-state index is -3.63. The average molecular weight is 283 g/mol. The van der Waals surface area contributed by atoms with Crippen LogP contribution in [0.25, 0.3) is 0 Å². The van der Waals surface area contributed by atoms with Gasteiger partial charge in [-0.15, -0.1) is 0 Å². The van der Waals surface area contributed by atoms with E-state index in [1.165, 1.54) is 18.6 Å². The van der Waals surface area contributed by atoms with Crippen molar-refractivity contribution in [3.63, 3.8) is 0 Å². The van der Waals surface area contributed by atoms with Crippen molar-refractivity contribution < 1.29 is 12.9 Å². The van der Waals surface area contributed by atoms with Gasteiger partial charge in [0, 0.05) is 25.7 Å². The number of sulfonamides is 1. The summed E-state index contributed by atoms with van der Waals surface area (Å²) in [6.07, 6.45) is 3.02. The first kappa shape index (κ1) is 13.6. The zero-order valence-electron chi connectivity index (χ0n) is 9.98. The van der Waals surface area contributed by atoms with Crippen molar-refractivity contribution >= 4 is 10.0 Å². The fraction of sp³-hybridized carbons (Fsp3) is 0.300. The molecule has 0 saturated carbocycles. The van der Waals surface area contributed by atoms with E-state index in [-0.39, 0.29) is 11.6 Å². The van der Waals surface area contributed by atoms with Gasteiger partial charge in [0.1, 0.15) is 0 Å². The van der Waals surface area contributed by atoms with Gasteiger partial charge in [0.2, 0.25) is 5.89 Å². The molecule has 2 heterocycles. The molecule has 0 atom stereocenters. The summed E-state index contributed by atoms with van der Waals surface area (Å²) >= 11 is 0. The van der Waals surface area contributed by atoms with Gasteiger partial charge in [0.15, 0.2) is 11.4 Å². The molecule has 19 heavy (non-hydrogen) atoms. The van der Waals surface area contributed by atoms with E-state index in [1.807, 2.05) is 0 Å². The molecule has 0 amide bonds. The predicted molar refractivity (Wildman–Crippen MR) is 65.3 cm³/mol. The Morgan fingerprint density at radius 3 is 2.74 bits per heavy atom. The van der Waals surface area contributed by atoms with Crippen LogP contribution < -0.4 is 10.5 Å². The van der Waals surface area contributed by atoms with Crippen LogP contribution in [0.3, 0.4) is 0 Å². The molecular formula is C10H13N5O3S. The first-order valence-electron chi connectivity index (χ1n) is 5.52. The normalized spacial score (nSPS) is 11.6. The Labute approximate surface area is 110 Å². The molecule has 0 aliphatic rings. The van der Waals surface area contributed by atoms with Crippen molar-refractivity contribution in [3.05, 3.63) is 36.1 Å². The van der Waals surface area contributed by atoms with Gasteiger partial charge in [0.05, 0.1) is 0 Å². The maximum atomic E-state index is 11.9. The molecule has 102 valence electrons. The molecule has 0 aliphatic heterocycles. The summed E-state index contributed by atoms with van der Waals surface area (Å²) in [5.74, 6) is 0.370. The molecule has 0 unspecified atom stereocenters. The fourth-order valence-electron chi connectivity index (χ4n) is 1.36. The number of nitrogens with one attached hydrogen (secondary N) is 1. The monoisotopic (exact) mass is 283 g/mol. The summed E-state index contributed by atoms with van der Waals surface area (Å²) < 4.78 is 30.9. The van der Waals surface area contributed by atoms with E-state index >= 15 is 0 Å². The Kier molecular flexibility index (Phi) is 4.20. The van der Waals surface area contributed by atoms with Gasteiger partial charge in [0.25, 0.3) is 10.0 Å². The van der Waals surface area contributed by atoms with Crippen LogP contribution in [0.1, 0.15) is 11.5 Å². The summed E-state index contributed by atoms with van der Waals surface area (Å²) in [5.41, 5.74) is 6.18. The highest BCUT2D eigenvalue weighted by atomic mass is 32.2. The summed E-state index contributed by atoms with van der Waals surface area (Å²) in [6.45, 7) is 0.475. The molecule has 0 radical (unpaired) electrons. The third kappa shape index (κ3) is 3.56. The summed E-state index contributed by atoms with van der Waals surface area (Å²) in [6, 6.07) is 3.04. The van der Waals surface area contributed by atoms with Crippen LogP contribution in [-0.2, 0) is 23.0 Å². The van der Waals surface area contributed by atoms with Crippen LogP contribution in [0, 0.1) is 0 Å². The first-order valence-corrected chi connectivity index (χ1v) is 7.00. The summed E-state index contributed by atoms with van der Waals surface area (Å²) in [5, 5.41) is 3.38. The highest BCUT2D eigenvalue weighted by Gasteiger charge is 2.15. The third-order valence-electron chi connectivity index (χ3n) is 2.35. The van der Waals surface area contributed by atoms with Crippen molar-refractivity contribution in [1.82, 2.24) is 19.8 Å². The molecule has 0 bridgehead atoms. The first-order chi connectivity index (χ1) is 9.12. The van der Waals surface area contributed by atoms with Crippen molar-refractivity contribution in [2.24, 2.45) is 5.73 Å². The topological polar surface area (TPSA) is 124 Å². The summed E-state index contributed by atoms with van der Waals surface area (Å²) in [7, 11) is -3.63. The molecule has 9 heteroatoms. The molecular weight excluding hydrogens is 270 g/mol. The SMILES string of the molecule is NCc1ccc(S(=O)(=O)NCCc2ncno2)nc1. The van der Waals surface area contributed by atoms with Crippen LogP contribution in [0.15, 0.2) is 34.2 Å². The van der Waals surface area contributed by atoms with E-state index < -0.39 is 10.0 Å². The molecule has 3 N–H and O–H groups in total. The second-order valence-corrected chi connectivity index (χ2v) is 5.41. The van der Waals surface area contributed by atoms with Gasteiger partial charge in [-0.05, 0) is 11.6 Å². The second-order valence-electron chi connectivity index (χ2n) is 3.69. The van der Waals surface area contributed by atoms with Crippen molar-refractivity contribution in [2.45, 2.75) is 18.0 Å². The zero-order valence-corrected chi connectivity index (χ0v) is 10.8. The fourth-order valence-corrected chi connectivity index (χ4v) is 2.32. The lowest BCUT2D eigenvalue weighted by Gasteiger charge is -2.05. The average Bonchev–Trinajstić information content (AvgIpc) is 2.92. The van der Waals surface area contributed by atoms with E-state index in [4.69, 9.17) is 10.3 Å². The van der Waals surface area contributed by atoms with Crippen LogP contribution in [0.5, 0.6) is 0 Å². The molecule has 0 fully saturated rings. The van der Waals surface area contributed by atoms with Gasteiger partial charge in [-0.1, -0.05) is 11.2 Å². The van der Waals surface area contributed by atoms with E-state index in [0.29, 0.717) is 18.9 Å². The number of nitrogens with zero attached hydrogens (tertiary/aromatic N) is 3. The smallest absolute Gasteiger partial charge is 0.258 e. The minimum Gasteiger partial charge on any atom is -0.340 e. The van der Waals surface area contributed by atoms with Gasteiger partial charge in [-0.2, -0.15) is 4.98 Å². The molecule has 0 saturated heterocycles. The molecule has 2 rings (SSSR count). The Bertz CT molecular complexity index is 609. The maximum absolute atomic E-state index is 11.9. The molecule has 0 spiro atoms. The van der Waals surface area contributed by atoms with Crippen molar-refractivity contribution in [3.8, 4) is 0 Å². The van der Waals surface area contributed by atoms with Gasteiger partial charge in [-0.3, -0.25) is 0 Å². The number of rotatable bonds is 6. The maximum Gasteiger partial charge on any atom is 0.258 e. The number of nitrogens with two attached hydrogens (primary N) is 1. The Morgan fingerprint density at radius 1 is 1.32 bits per heavy atom. The number of pyridine rings is 1. The molecule has 2 aromatic heterocycles.